The summed E-state index contributed by atoms with van der Waals surface area (Å²) in [7, 11) is -2.71. The van der Waals surface area contributed by atoms with Gasteiger partial charge in [-0.15, -0.1) is 0 Å². The van der Waals surface area contributed by atoms with Crippen molar-refractivity contribution in [2.45, 2.75) is 24.3 Å². The van der Waals surface area contributed by atoms with E-state index in [0.29, 0.717) is 12.8 Å². The molecule has 1 aliphatic rings. The number of sulfonamides is 1. The molecule has 2 aromatic rings. The maximum absolute atomic E-state index is 13.6. The second-order valence-electron chi connectivity index (χ2n) is 6.84. The van der Waals surface area contributed by atoms with Crippen molar-refractivity contribution in [3.63, 3.8) is 0 Å². The lowest BCUT2D eigenvalue weighted by Crippen LogP contribution is -2.45. The molecule has 156 valence electrons. The quantitative estimate of drug-likeness (QED) is 0.774. The summed E-state index contributed by atoms with van der Waals surface area (Å²) >= 11 is 0. The molecule has 1 aliphatic heterocycles. The van der Waals surface area contributed by atoms with Gasteiger partial charge in [0.2, 0.25) is 15.9 Å². The Kier molecular flexibility index (Phi) is 6.49. The number of ether oxygens (including phenoxy) is 1. The van der Waals surface area contributed by atoms with Gasteiger partial charge in [0, 0.05) is 19.6 Å². The highest BCUT2D eigenvalue weighted by atomic mass is 32.2. The minimum Gasteiger partial charge on any atom is -0.495 e. The largest absolute Gasteiger partial charge is 0.495 e. The third kappa shape index (κ3) is 4.91. The zero-order chi connectivity index (χ0) is 21.0. The highest BCUT2D eigenvalue weighted by molar-refractivity contribution is 7.89. The molecule has 0 radical (unpaired) electrons. The zero-order valence-electron chi connectivity index (χ0n) is 15.9. The minimum absolute atomic E-state index is 0.00273. The predicted molar refractivity (Wildman–Crippen MR) is 103 cm³/mol. The number of carbonyl (C=O) groups excluding carboxylic acids is 1. The van der Waals surface area contributed by atoms with Gasteiger partial charge in [0.15, 0.2) is 0 Å². The van der Waals surface area contributed by atoms with E-state index in [1.807, 2.05) is 0 Å². The van der Waals surface area contributed by atoms with Crippen molar-refractivity contribution in [3.8, 4) is 5.75 Å². The van der Waals surface area contributed by atoms with Crippen molar-refractivity contribution in [3.05, 3.63) is 59.7 Å². The molecule has 29 heavy (non-hydrogen) atoms. The van der Waals surface area contributed by atoms with Gasteiger partial charge in [0.1, 0.15) is 22.3 Å². The lowest BCUT2D eigenvalue weighted by atomic mass is 9.99. The number of amides is 1. The van der Waals surface area contributed by atoms with Crippen LogP contribution in [-0.2, 0) is 21.4 Å². The first-order valence-corrected chi connectivity index (χ1v) is 10.6. The van der Waals surface area contributed by atoms with Crippen LogP contribution in [0.5, 0.6) is 5.75 Å². The van der Waals surface area contributed by atoms with E-state index in [1.165, 1.54) is 29.6 Å². The molecule has 6 nitrogen and oxygen atoms in total. The van der Waals surface area contributed by atoms with Crippen molar-refractivity contribution in [1.29, 1.82) is 0 Å². The summed E-state index contributed by atoms with van der Waals surface area (Å²) in [6.07, 6.45) is 1.05. The second kappa shape index (κ2) is 8.87. The normalized spacial score (nSPS) is 17.7. The molecule has 0 bridgehead atoms. The molecule has 0 spiro atoms. The fourth-order valence-corrected chi connectivity index (χ4v) is 4.99. The van der Waals surface area contributed by atoms with E-state index in [9.17, 15) is 22.0 Å². The van der Waals surface area contributed by atoms with E-state index >= 15 is 0 Å². The van der Waals surface area contributed by atoms with E-state index in [4.69, 9.17) is 4.74 Å². The molecule has 0 aliphatic carbocycles. The molecule has 1 heterocycles. The Bertz CT molecular complexity index is 980. The molecule has 1 N–H and O–H groups in total. The fraction of sp³-hybridized carbons (Fsp3) is 0.350. The molecule has 1 fully saturated rings. The van der Waals surface area contributed by atoms with Crippen LogP contribution in [0, 0.1) is 17.6 Å². The van der Waals surface area contributed by atoms with Crippen molar-refractivity contribution in [2.24, 2.45) is 5.92 Å². The summed E-state index contributed by atoms with van der Waals surface area (Å²) < 4.78 is 58.9. The second-order valence-corrected chi connectivity index (χ2v) is 8.75. The van der Waals surface area contributed by atoms with Crippen LogP contribution in [0.15, 0.2) is 47.4 Å². The van der Waals surface area contributed by atoms with Crippen LogP contribution in [0.3, 0.4) is 0 Å². The monoisotopic (exact) mass is 424 g/mol. The van der Waals surface area contributed by atoms with Gasteiger partial charge in [-0.25, -0.2) is 17.2 Å². The fourth-order valence-electron chi connectivity index (χ4n) is 3.30. The standard InChI is InChI=1S/C20H22F2N2O4S/c1-28-18-9-8-17(22)11-19(18)29(26,27)24-10-2-3-15(13-24)20(25)23-12-14-4-6-16(21)7-5-14/h4-9,11,15H,2-3,10,12-13H2,1H3,(H,23,25). The number of carbonyl (C=O) groups is 1. The van der Waals surface area contributed by atoms with Crippen molar-refractivity contribution < 1.29 is 26.7 Å². The summed E-state index contributed by atoms with van der Waals surface area (Å²) in [5.74, 6) is -1.80. The van der Waals surface area contributed by atoms with E-state index in [0.717, 1.165) is 17.7 Å². The molecule has 3 rings (SSSR count). The van der Waals surface area contributed by atoms with Crippen molar-refractivity contribution in [2.75, 3.05) is 20.2 Å². The molecule has 1 unspecified atom stereocenters. The van der Waals surface area contributed by atoms with Crippen LogP contribution in [0.2, 0.25) is 0 Å². The van der Waals surface area contributed by atoms with Crippen LogP contribution >= 0.6 is 0 Å². The number of hydrogen-bond acceptors (Lipinski definition) is 4. The van der Waals surface area contributed by atoms with Gasteiger partial charge in [0.05, 0.1) is 13.0 Å². The van der Waals surface area contributed by atoms with Gasteiger partial charge in [-0.3, -0.25) is 4.79 Å². The van der Waals surface area contributed by atoms with Gasteiger partial charge < -0.3 is 10.1 Å². The van der Waals surface area contributed by atoms with Crippen LogP contribution in [0.4, 0.5) is 8.78 Å². The first-order chi connectivity index (χ1) is 13.8. The smallest absolute Gasteiger partial charge is 0.246 e. The number of halogens is 2. The van der Waals surface area contributed by atoms with E-state index < -0.39 is 21.8 Å². The lowest BCUT2D eigenvalue weighted by molar-refractivity contribution is -0.126. The van der Waals surface area contributed by atoms with Crippen LogP contribution in [0.25, 0.3) is 0 Å². The number of piperidine rings is 1. The van der Waals surface area contributed by atoms with Gasteiger partial charge in [-0.05, 0) is 48.7 Å². The summed E-state index contributed by atoms with van der Waals surface area (Å²) in [4.78, 5) is 12.3. The molecule has 1 saturated heterocycles. The van der Waals surface area contributed by atoms with Gasteiger partial charge in [0.25, 0.3) is 0 Å². The summed E-state index contributed by atoms with van der Waals surface area (Å²) in [5.41, 5.74) is 0.740. The Morgan fingerprint density at radius 3 is 2.55 bits per heavy atom. The summed E-state index contributed by atoms with van der Waals surface area (Å²) in [5, 5.41) is 2.76. The predicted octanol–water partition coefficient (Wildman–Crippen LogP) is 2.69. The van der Waals surface area contributed by atoms with Crippen LogP contribution in [-0.4, -0.2) is 38.8 Å². The maximum Gasteiger partial charge on any atom is 0.246 e. The molecule has 0 saturated carbocycles. The number of rotatable bonds is 6. The number of methoxy groups -OCH3 is 1. The number of benzene rings is 2. The molecular weight excluding hydrogens is 402 g/mol. The average molecular weight is 424 g/mol. The molecule has 9 heteroatoms. The Labute approximate surface area is 168 Å². The highest BCUT2D eigenvalue weighted by Crippen LogP contribution is 2.30. The number of hydrogen-bond donors (Lipinski definition) is 1. The third-order valence-corrected chi connectivity index (χ3v) is 6.76. The van der Waals surface area contributed by atoms with Gasteiger partial charge in [-0.1, -0.05) is 12.1 Å². The summed E-state index contributed by atoms with van der Waals surface area (Å²) in [6.45, 7) is 0.459. The van der Waals surface area contributed by atoms with Crippen molar-refractivity contribution in [1.82, 2.24) is 9.62 Å². The Hall–Kier alpha value is -2.52. The van der Waals surface area contributed by atoms with E-state index in [2.05, 4.69) is 5.32 Å². The number of nitrogens with one attached hydrogen (secondary N) is 1. The van der Waals surface area contributed by atoms with Gasteiger partial charge >= 0.3 is 0 Å². The first kappa shape index (κ1) is 21.2. The first-order valence-electron chi connectivity index (χ1n) is 9.17. The maximum atomic E-state index is 13.6. The Morgan fingerprint density at radius 1 is 1.17 bits per heavy atom. The minimum atomic E-state index is -4.02. The van der Waals surface area contributed by atoms with E-state index in [-0.39, 0.29) is 42.0 Å². The Balaban J connectivity index is 1.70. The topological polar surface area (TPSA) is 75.7 Å². The molecule has 2 aromatic carbocycles. The lowest BCUT2D eigenvalue weighted by Gasteiger charge is -2.31. The SMILES string of the molecule is COc1ccc(F)cc1S(=O)(=O)N1CCCC(C(=O)NCc2ccc(F)cc2)C1. The Morgan fingerprint density at radius 2 is 1.86 bits per heavy atom. The molecule has 1 atom stereocenters. The van der Waals surface area contributed by atoms with Crippen molar-refractivity contribution >= 4 is 15.9 Å². The third-order valence-electron chi connectivity index (χ3n) is 4.88. The molecule has 1 amide bonds. The number of nitrogens with zero attached hydrogens (tertiary/aromatic N) is 1. The van der Waals surface area contributed by atoms with Crippen LogP contribution < -0.4 is 10.1 Å². The van der Waals surface area contributed by atoms with Gasteiger partial charge in [-0.2, -0.15) is 4.31 Å². The molecule has 0 aromatic heterocycles. The van der Waals surface area contributed by atoms with Crippen LogP contribution in [0.1, 0.15) is 18.4 Å². The zero-order valence-corrected chi connectivity index (χ0v) is 16.7. The average Bonchev–Trinajstić information content (AvgIpc) is 2.73. The summed E-state index contributed by atoms with van der Waals surface area (Å²) in [6, 6.07) is 9.07. The van der Waals surface area contributed by atoms with E-state index in [1.54, 1.807) is 12.1 Å². The highest BCUT2D eigenvalue weighted by Gasteiger charge is 2.35. The molecular formula is C20H22F2N2O4S.